The molecule has 1 heterocycles. The molecule has 0 amide bonds. The Morgan fingerprint density at radius 3 is 2.78 bits per heavy atom. The van der Waals surface area contributed by atoms with Gasteiger partial charge in [0, 0.05) is 51.6 Å². The van der Waals surface area contributed by atoms with E-state index in [1.807, 2.05) is 0 Å². The molecule has 0 saturated carbocycles. The third kappa shape index (κ3) is 7.77. The second kappa shape index (κ2) is 11.8. The highest BCUT2D eigenvalue weighted by molar-refractivity contribution is 5.80. The zero-order chi connectivity index (χ0) is 19.5. The monoisotopic (exact) mass is 375 g/mol. The van der Waals surface area contributed by atoms with Gasteiger partial charge in [-0.1, -0.05) is 17.7 Å². The Bertz CT molecular complexity index is 560. The number of methoxy groups -OCH3 is 1. The van der Waals surface area contributed by atoms with Crippen LogP contribution in [0.3, 0.4) is 0 Å². The molecule has 2 N–H and O–H groups in total. The smallest absolute Gasteiger partial charge is 0.191 e. The molecular weight excluding hydrogens is 338 g/mol. The zero-order valence-electron chi connectivity index (χ0n) is 17.5. The Labute approximate surface area is 165 Å². The highest BCUT2D eigenvalue weighted by Crippen LogP contribution is 2.20. The van der Waals surface area contributed by atoms with Crippen molar-refractivity contribution in [3.63, 3.8) is 0 Å². The van der Waals surface area contributed by atoms with Gasteiger partial charge in [0.1, 0.15) is 0 Å². The van der Waals surface area contributed by atoms with E-state index in [4.69, 9.17) is 9.73 Å². The first kappa shape index (κ1) is 21.5. The van der Waals surface area contributed by atoms with E-state index in [0.717, 1.165) is 64.7 Å². The van der Waals surface area contributed by atoms with Gasteiger partial charge in [0.2, 0.25) is 0 Å². The second-order valence-corrected chi connectivity index (χ2v) is 7.32. The molecule has 0 radical (unpaired) electrons. The Kier molecular flexibility index (Phi) is 9.42. The summed E-state index contributed by atoms with van der Waals surface area (Å²) in [6.07, 6.45) is 2.19. The SMILES string of the molecule is CCNC(=NCCCN(C)CCOC)NC1CCN(c2ccc(C)cc2)C1. The van der Waals surface area contributed by atoms with E-state index in [9.17, 15) is 0 Å². The van der Waals surface area contributed by atoms with Crippen molar-refractivity contribution >= 4 is 11.6 Å². The molecule has 1 aliphatic rings. The lowest BCUT2D eigenvalue weighted by atomic mass is 10.2. The van der Waals surface area contributed by atoms with Crippen molar-refractivity contribution in [2.75, 3.05) is 64.9 Å². The lowest BCUT2D eigenvalue weighted by Gasteiger charge is -2.20. The lowest BCUT2D eigenvalue weighted by Crippen LogP contribution is -2.44. The van der Waals surface area contributed by atoms with Gasteiger partial charge in [-0.3, -0.25) is 4.99 Å². The number of benzene rings is 1. The van der Waals surface area contributed by atoms with Crippen molar-refractivity contribution in [3.8, 4) is 0 Å². The van der Waals surface area contributed by atoms with Crippen LogP contribution in [0.15, 0.2) is 29.3 Å². The van der Waals surface area contributed by atoms with E-state index in [0.29, 0.717) is 6.04 Å². The topological polar surface area (TPSA) is 52.1 Å². The second-order valence-electron chi connectivity index (χ2n) is 7.32. The van der Waals surface area contributed by atoms with Crippen LogP contribution >= 0.6 is 0 Å². The average molecular weight is 376 g/mol. The standard InChI is InChI=1S/C21H37N5O/c1-5-22-21(23-12-6-13-25(3)15-16-27-4)24-19-11-14-26(17-19)20-9-7-18(2)8-10-20/h7-10,19H,5-6,11-17H2,1-4H3,(H2,22,23,24). The fourth-order valence-electron chi connectivity index (χ4n) is 3.27. The number of nitrogens with zero attached hydrogens (tertiary/aromatic N) is 3. The Balaban J connectivity index is 1.77. The summed E-state index contributed by atoms with van der Waals surface area (Å²) in [5, 5.41) is 6.99. The highest BCUT2D eigenvalue weighted by atomic mass is 16.5. The van der Waals surface area contributed by atoms with E-state index >= 15 is 0 Å². The highest BCUT2D eigenvalue weighted by Gasteiger charge is 2.23. The maximum Gasteiger partial charge on any atom is 0.191 e. The summed E-state index contributed by atoms with van der Waals surface area (Å²) in [7, 11) is 3.87. The number of hydrogen-bond acceptors (Lipinski definition) is 4. The molecule has 1 aromatic rings. The number of hydrogen-bond donors (Lipinski definition) is 2. The molecule has 0 aromatic heterocycles. The fraction of sp³-hybridized carbons (Fsp3) is 0.667. The average Bonchev–Trinajstić information content (AvgIpc) is 3.12. The molecule has 6 heteroatoms. The molecule has 1 fully saturated rings. The quantitative estimate of drug-likeness (QED) is 0.373. The number of anilines is 1. The van der Waals surface area contributed by atoms with Crippen LogP contribution in [0.4, 0.5) is 5.69 Å². The molecule has 0 spiro atoms. The molecule has 0 aliphatic carbocycles. The van der Waals surface area contributed by atoms with Gasteiger partial charge in [0.05, 0.1) is 6.61 Å². The first-order valence-electron chi connectivity index (χ1n) is 10.2. The molecular formula is C21H37N5O. The molecule has 1 saturated heterocycles. The molecule has 1 aliphatic heterocycles. The fourth-order valence-corrected chi connectivity index (χ4v) is 3.27. The molecule has 2 rings (SSSR count). The van der Waals surface area contributed by atoms with E-state index in [1.54, 1.807) is 7.11 Å². The van der Waals surface area contributed by atoms with Crippen LogP contribution in [0.5, 0.6) is 0 Å². The molecule has 1 aromatic carbocycles. The summed E-state index contributed by atoms with van der Waals surface area (Å²) < 4.78 is 5.12. The minimum Gasteiger partial charge on any atom is -0.383 e. The van der Waals surface area contributed by atoms with E-state index in [-0.39, 0.29) is 0 Å². The number of likely N-dealkylation sites (N-methyl/N-ethyl adjacent to an activating group) is 1. The van der Waals surface area contributed by atoms with Crippen molar-refractivity contribution in [1.82, 2.24) is 15.5 Å². The molecule has 6 nitrogen and oxygen atoms in total. The Hall–Kier alpha value is -1.79. The summed E-state index contributed by atoms with van der Waals surface area (Å²) in [6.45, 7) is 10.9. The van der Waals surface area contributed by atoms with Crippen LogP contribution < -0.4 is 15.5 Å². The first-order valence-corrected chi connectivity index (χ1v) is 10.2. The van der Waals surface area contributed by atoms with Gasteiger partial charge < -0.3 is 25.2 Å². The third-order valence-corrected chi connectivity index (χ3v) is 4.92. The van der Waals surface area contributed by atoms with Crippen molar-refractivity contribution in [2.24, 2.45) is 4.99 Å². The van der Waals surface area contributed by atoms with Gasteiger partial charge in [-0.25, -0.2) is 0 Å². The van der Waals surface area contributed by atoms with Crippen LogP contribution in [0.25, 0.3) is 0 Å². The lowest BCUT2D eigenvalue weighted by molar-refractivity contribution is 0.161. The largest absolute Gasteiger partial charge is 0.383 e. The van der Waals surface area contributed by atoms with Crippen molar-refractivity contribution in [2.45, 2.75) is 32.7 Å². The minimum absolute atomic E-state index is 0.438. The number of aryl methyl sites for hydroxylation is 1. The van der Waals surface area contributed by atoms with Gasteiger partial charge >= 0.3 is 0 Å². The van der Waals surface area contributed by atoms with Crippen molar-refractivity contribution in [3.05, 3.63) is 29.8 Å². The predicted octanol–water partition coefficient (Wildman–Crippen LogP) is 2.10. The maximum absolute atomic E-state index is 5.12. The number of ether oxygens (including phenoxy) is 1. The summed E-state index contributed by atoms with van der Waals surface area (Å²) >= 11 is 0. The van der Waals surface area contributed by atoms with Gasteiger partial charge in [0.25, 0.3) is 0 Å². The van der Waals surface area contributed by atoms with Crippen LogP contribution in [-0.4, -0.2) is 76.9 Å². The number of rotatable bonds is 10. The van der Waals surface area contributed by atoms with Gasteiger partial charge in [0.15, 0.2) is 5.96 Å². The van der Waals surface area contributed by atoms with Gasteiger partial charge in [-0.2, -0.15) is 0 Å². The van der Waals surface area contributed by atoms with E-state index in [1.165, 1.54) is 11.3 Å². The maximum atomic E-state index is 5.12. The predicted molar refractivity (Wildman–Crippen MR) is 115 cm³/mol. The van der Waals surface area contributed by atoms with Crippen LogP contribution in [0.1, 0.15) is 25.3 Å². The molecule has 1 atom stereocenters. The summed E-state index contributed by atoms with van der Waals surface area (Å²) in [5.74, 6) is 0.938. The molecule has 27 heavy (non-hydrogen) atoms. The van der Waals surface area contributed by atoms with Crippen molar-refractivity contribution in [1.29, 1.82) is 0 Å². The van der Waals surface area contributed by atoms with E-state index in [2.05, 4.69) is 65.6 Å². The molecule has 1 unspecified atom stereocenters. The summed E-state index contributed by atoms with van der Waals surface area (Å²) in [4.78, 5) is 9.49. The summed E-state index contributed by atoms with van der Waals surface area (Å²) in [6, 6.07) is 9.25. The van der Waals surface area contributed by atoms with Gasteiger partial charge in [-0.15, -0.1) is 0 Å². The van der Waals surface area contributed by atoms with Gasteiger partial charge in [-0.05, 0) is 52.4 Å². The van der Waals surface area contributed by atoms with E-state index < -0.39 is 0 Å². The minimum atomic E-state index is 0.438. The normalized spacial score (nSPS) is 17.6. The van der Waals surface area contributed by atoms with Crippen LogP contribution in [-0.2, 0) is 4.74 Å². The zero-order valence-corrected chi connectivity index (χ0v) is 17.5. The van der Waals surface area contributed by atoms with Crippen LogP contribution in [0.2, 0.25) is 0 Å². The number of nitrogens with one attached hydrogen (secondary N) is 2. The molecule has 152 valence electrons. The van der Waals surface area contributed by atoms with Crippen molar-refractivity contribution < 1.29 is 4.74 Å². The number of aliphatic imine (C=N–C) groups is 1. The first-order chi connectivity index (χ1) is 13.1. The summed E-state index contributed by atoms with van der Waals surface area (Å²) in [5.41, 5.74) is 2.62. The Morgan fingerprint density at radius 1 is 1.30 bits per heavy atom. The third-order valence-electron chi connectivity index (χ3n) is 4.92. The Morgan fingerprint density at radius 2 is 2.07 bits per heavy atom. The van der Waals surface area contributed by atoms with Crippen LogP contribution in [0, 0.1) is 6.92 Å². The molecule has 0 bridgehead atoms. The number of guanidine groups is 1.